The van der Waals surface area contributed by atoms with Gasteiger partial charge in [0.05, 0.1) is 0 Å². The van der Waals surface area contributed by atoms with Crippen molar-refractivity contribution in [1.82, 2.24) is 9.97 Å². The number of hydrogen-bond donors (Lipinski definition) is 8. The number of aliphatic hydroxyl groups is 8. The molecule has 0 radical (unpaired) electrons. The van der Waals surface area contributed by atoms with Gasteiger partial charge in [-0.15, -0.1) is 0 Å². The number of rotatable bonds is 7. The van der Waals surface area contributed by atoms with Crippen molar-refractivity contribution >= 4 is 32.3 Å². The lowest BCUT2D eigenvalue weighted by molar-refractivity contribution is -0.0432. The Bertz CT molecular complexity index is 2180. The molecule has 230 valence electrons. The maximum absolute atomic E-state index is 10.6. The lowest BCUT2D eigenvalue weighted by atomic mass is 9.85. The van der Waals surface area contributed by atoms with Gasteiger partial charge in [-0.05, 0) is 91.0 Å². The molecule has 0 saturated heterocycles. The van der Waals surface area contributed by atoms with E-state index in [0.29, 0.717) is 55.1 Å². The van der Waals surface area contributed by atoms with Gasteiger partial charge in [0.2, 0.25) is 0 Å². The molecule has 10 heteroatoms. The molecule has 0 unspecified atom stereocenters. The third-order valence-electron chi connectivity index (χ3n) is 8.43. The maximum Gasteiger partial charge on any atom is 0.179 e. The third kappa shape index (κ3) is 5.05. The molecule has 0 bridgehead atoms. The van der Waals surface area contributed by atoms with Crippen molar-refractivity contribution in [3.63, 3.8) is 0 Å². The Morgan fingerprint density at radius 2 is 0.891 bits per heavy atom. The minimum absolute atomic E-state index is 0.187. The molecule has 0 aliphatic carbocycles. The molecule has 2 heterocycles. The van der Waals surface area contributed by atoms with Crippen molar-refractivity contribution in [3.05, 3.63) is 120 Å². The van der Waals surface area contributed by atoms with Gasteiger partial charge in [-0.2, -0.15) is 0 Å². The highest BCUT2D eigenvalue weighted by atomic mass is 16.5. The molecule has 0 spiro atoms. The number of nitrogens with zero attached hydrogens (tertiary/aromatic N) is 2. The van der Waals surface area contributed by atoms with E-state index in [1.165, 1.54) is 12.4 Å². The third-order valence-corrected chi connectivity index (χ3v) is 8.43. The van der Waals surface area contributed by atoms with Crippen LogP contribution in [-0.4, -0.2) is 50.8 Å². The van der Waals surface area contributed by atoms with Crippen LogP contribution in [0.4, 0.5) is 0 Å². The second-order valence-electron chi connectivity index (χ2n) is 11.2. The Morgan fingerprint density at radius 3 is 1.43 bits per heavy atom. The van der Waals surface area contributed by atoms with Gasteiger partial charge in [0, 0.05) is 58.2 Å². The summed E-state index contributed by atoms with van der Waals surface area (Å²) >= 11 is 0. The first-order chi connectivity index (χ1) is 22.1. The number of hydrogen-bond acceptors (Lipinski definition) is 10. The predicted octanol–water partition coefficient (Wildman–Crippen LogP) is 4.31. The summed E-state index contributed by atoms with van der Waals surface area (Å²) in [5.74, 6) is 0. The van der Waals surface area contributed by atoms with Crippen LogP contribution in [-0.2, 0) is 0 Å². The molecule has 46 heavy (non-hydrogen) atoms. The molecule has 7 aromatic rings. The Labute approximate surface area is 261 Å². The fourth-order valence-electron chi connectivity index (χ4n) is 6.25. The average molecular weight is 617 g/mol. The zero-order chi connectivity index (χ0) is 32.3. The topological polar surface area (TPSA) is 188 Å². The van der Waals surface area contributed by atoms with Crippen LogP contribution < -0.4 is 0 Å². The normalized spacial score (nSPS) is 12.3. The summed E-state index contributed by atoms with van der Waals surface area (Å²) in [7, 11) is 0. The molecule has 10 nitrogen and oxygen atoms in total. The lowest BCUT2D eigenvalue weighted by Crippen LogP contribution is -2.01. The summed E-state index contributed by atoms with van der Waals surface area (Å²) in [5.41, 5.74) is 4.65. The van der Waals surface area contributed by atoms with E-state index in [1.807, 2.05) is 30.3 Å². The monoisotopic (exact) mass is 616 g/mol. The lowest BCUT2D eigenvalue weighted by Gasteiger charge is -2.21. The van der Waals surface area contributed by atoms with Crippen LogP contribution in [0.2, 0.25) is 0 Å². The number of pyridine rings is 2. The second kappa shape index (κ2) is 11.5. The number of aromatic nitrogens is 2. The van der Waals surface area contributed by atoms with Crippen LogP contribution in [0, 0.1) is 0 Å². The summed E-state index contributed by atoms with van der Waals surface area (Å²) in [6, 6.07) is 21.3. The molecule has 7 rings (SSSR count). The van der Waals surface area contributed by atoms with Gasteiger partial charge < -0.3 is 40.9 Å². The van der Waals surface area contributed by atoms with Crippen molar-refractivity contribution in [1.29, 1.82) is 0 Å². The average Bonchev–Trinajstić information content (AvgIpc) is 3.06. The summed E-state index contributed by atoms with van der Waals surface area (Å²) in [6.45, 7) is 0. The van der Waals surface area contributed by atoms with Crippen molar-refractivity contribution in [2.24, 2.45) is 0 Å². The molecule has 0 saturated carbocycles. The zero-order valence-electron chi connectivity index (χ0n) is 24.0. The molecule has 0 fully saturated rings. The number of aliphatic hydroxyl groups excluding tert-OH is 4. The first kappa shape index (κ1) is 29.8. The fraction of sp³-hybridized carbons (Fsp3) is 0.111. The van der Waals surface area contributed by atoms with Gasteiger partial charge >= 0.3 is 0 Å². The van der Waals surface area contributed by atoms with E-state index in [1.54, 1.807) is 54.9 Å². The van der Waals surface area contributed by atoms with E-state index in [4.69, 9.17) is 0 Å². The van der Waals surface area contributed by atoms with Gasteiger partial charge in [-0.3, -0.25) is 9.97 Å². The van der Waals surface area contributed by atoms with Gasteiger partial charge in [-0.25, -0.2) is 0 Å². The molecule has 0 atom stereocenters. The Hall–Kier alpha value is -4.88. The van der Waals surface area contributed by atoms with Crippen molar-refractivity contribution in [2.45, 2.75) is 25.2 Å². The molecule has 0 aliphatic heterocycles. The molecular formula is C36H28N2O8. The molecule has 5 aromatic carbocycles. The fourth-order valence-corrected chi connectivity index (χ4v) is 6.25. The van der Waals surface area contributed by atoms with Crippen LogP contribution in [0.3, 0.4) is 0 Å². The minimum atomic E-state index is -1.83. The van der Waals surface area contributed by atoms with Crippen molar-refractivity contribution in [3.8, 4) is 33.4 Å². The summed E-state index contributed by atoms with van der Waals surface area (Å²) < 4.78 is 0. The van der Waals surface area contributed by atoms with Gasteiger partial charge in [0.15, 0.2) is 25.2 Å². The van der Waals surface area contributed by atoms with E-state index in [2.05, 4.69) is 9.97 Å². The molecule has 0 amide bonds. The second-order valence-corrected chi connectivity index (χ2v) is 11.2. The molecular weight excluding hydrogens is 588 g/mol. The molecule has 2 aromatic heterocycles. The van der Waals surface area contributed by atoms with Crippen LogP contribution >= 0.6 is 0 Å². The highest BCUT2D eigenvalue weighted by Gasteiger charge is 2.21. The molecule has 8 N–H and O–H groups in total. The van der Waals surface area contributed by atoms with E-state index in [-0.39, 0.29) is 16.7 Å². The van der Waals surface area contributed by atoms with Gasteiger partial charge in [-0.1, -0.05) is 36.4 Å². The van der Waals surface area contributed by atoms with Crippen LogP contribution in [0.15, 0.2) is 97.6 Å². The van der Waals surface area contributed by atoms with Crippen molar-refractivity contribution < 1.29 is 40.9 Å². The Kier molecular flexibility index (Phi) is 7.44. The van der Waals surface area contributed by atoms with Gasteiger partial charge in [0.25, 0.3) is 0 Å². The Morgan fingerprint density at radius 1 is 0.391 bits per heavy atom. The van der Waals surface area contributed by atoms with Gasteiger partial charge in [0.1, 0.15) is 0 Å². The summed E-state index contributed by atoms with van der Waals surface area (Å²) in [4.78, 5) is 8.37. The molecule has 0 aliphatic rings. The van der Waals surface area contributed by atoms with Crippen molar-refractivity contribution in [2.75, 3.05) is 0 Å². The SMILES string of the molecule is OC(O)c1cncc(-c2cc(-c3cncc(C(O)O)c3)cc(-c3cc(C(O)O)c4ccc5c(C(O)O)ccc6ccc3c4c65)c2)c1. The largest absolute Gasteiger partial charge is 0.364 e. The van der Waals surface area contributed by atoms with E-state index >= 15 is 0 Å². The quantitative estimate of drug-likeness (QED) is 0.0947. The van der Waals surface area contributed by atoms with Crippen LogP contribution in [0.1, 0.15) is 47.4 Å². The summed E-state index contributed by atoms with van der Waals surface area (Å²) in [5, 5.41) is 84.9. The number of benzene rings is 5. The van der Waals surface area contributed by atoms with E-state index < -0.39 is 25.2 Å². The van der Waals surface area contributed by atoms with Crippen LogP contribution in [0.25, 0.3) is 65.7 Å². The first-order valence-electron chi connectivity index (χ1n) is 14.4. The zero-order valence-corrected chi connectivity index (χ0v) is 24.0. The maximum atomic E-state index is 10.6. The summed E-state index contributed by atoms with van der Waals surface area (Å²) in [6.07, 6.45) is -1.16. The van der Waals surface area contributed by atoms with Crippen LogP contribution in [0.5, 0.6) is 0 Å². The highest BCUT2D eigenvalue weighted by Crippen LogP contribution is 2.45. The van der Waals surface area contributed by atoms with E-state index in [0.717, 1.165) is 16.2 Å². The Balaban J connectivity index is 1.57. The minimum Gasteiger partial charge on any atom is -0.364 e. The smallest absolute Gasteiger partial charge is 0.179 e. The predicted molar refractivity (Wildman–Crippen MR) is 171 cm³/mol. The van der Waals surface area contributed by atoms with E-state index in [9.17, 15) is 40.9 Å². The first-order valence-corrected chi connectivity index (χ1v) is 14.4. The standard InChI is InChI=1S/C36H28N2O8/c39-33(40)23-10-21(13-37-15-23)18-7-19(22-11-24(34(41)42)16-38-14-22)9-20(8-18)29-12-30(36(45)46)27-6-5-25-28(35(43)44)4-2-17-1-3-26(29)32(27)31(17)25/h1-16,33-36,39-46H. The highest BCUT2D eigenvalue weighted by molar-refractivity contribution is 6.26.